The molecule has 2 rings (SSSR count). The lowest BCUT2D eigenvalue weighted by Gasteiger charge is -2.08. The first kappa shape index (κ1) is 21.3. The van der Waals surface area contributed by atoms with Crippen molar-refractivity contribution in [3.63, 3.8) is 0 Å². The van der Waals surface area contributed by atoms with Crippen molar-refractivity contribution < 1.29 is 14.2 Å². The summed E-state index contributed by atoms with van der Waals surface area (Å²) in [4.78, 5) is 0. The first-order chi connectivity index (χ1) is 13.3. The van der Waals surface area contributed by atoms with Crippen molar-refractivity contribution in [1.82, 2.24) is 0 Å². The van der Waals surface area contributed by atoms with Gasteiger partial charge >= 0.3 is 0 Å². The molecular formula is C24H34O3. The van der Waals surface area contributed by atoms with Gasteiger partial charge in [0.1, 0.15) is 11.5 Å². The van der Waals surface area contributed by atoms with E-state index in [4.69, 9.17) is 14.2 Å². The summed E-state index contributed by atoms with van der Waals surface area (Å²) >= 11 is 0. The van der Waals surface area contributed by atoms with E-state index < -0.39 is 0 Å². The van der Waals surface area contributed by atoms with E-state index in [2.05, 4.69) is 50.2 Å². The molecule has 3 nitrogen and oxygen atoms in total. The highest BCUT2D eigenvalue weighted by atomic mass is 16.5. The van der Waals surface area contributed by atoms with E-state index in [1.54, 1.807) is 0 Å². The number of hydrogen-bond acceptors (Lipinski definition) is 3. The maximum absolute atomic E-state index is 5.80. The molecule has 0 spiro atoms. The molecule has 27 heavy (non-hydrogen) atoms. The van der Waals surface area contributed by atoms with Gasteiger partial charge in [-0.15, -0.1) is 0 Å². The molecule has 0 unspecified atom stereocenters. The molecule has 0 bridgehead atoms. The minimum atomic E-state index is 0.778. The van der Waals surface area contributed by atoms with Crippen LogP contribution in [-0.2, 0) is 17.6 Å². The third-order valence-corrected chi connectivity index (χ3v) is 4.25. The Morgan fingerprint density at radius 1 is 0.630 bits per heavy atom. The van der Waals surface area contributed by atoms with E-state index in [1.165, 1.54) is 11.1 Å². The number of benzene rings is 2. The maximum Gasteiger partial charge on any atom is 0.119 e. The molecule has 148 valence electrons. The van der Waals surface area contributed by atoms with Gasteiger partial charge in [0.2, 0.25) is 0 Å². The van der Waals surface area contributed by atoms with Gasteiger partial charge in [0.15, 0.2) is 0 Å². The van der Waals surface area contributed by atoms with E-state index in [0.717, 1.165) is 76.5 Å². The third kappa shape index (κ3) is 8.96. The van der Waals surface area contributed by atoms with Crippen LogP contribution in [0, 0.1) is 0 Å². The van der Waals surface area contributed by atoms with Crippen molar-refractivity contribution in [3.05, 3.63) is 59.7 Å². The molecule has 2 aromatic rings. The van der Waals surface area contributed by atoms with Gasteiger partial charge < -0.3 is 14.2 Å². The average molecular weight is 371 g/mol. The largest absolute Gasteiger partial charge is 0.494 e. The molecule has 0 aliphatic rings. The molecule has 0 saturated heterocycles. The number of aryl methyl sites for hydroxylation is 2. The van der Waals surface area contributed by atoms with Crippen molar-refractivity contribution in [2.24, 2.45) is 0 Å². The Morgan fingerprint density at radius 2 is 1.11 bits per heavy atom. The molecular weight excluding hydrogens is 336 g/mol. The summed E-state index contributed by atoms with van der Waals surface area (Å²) in [5.41, 5.74) is 2.63. The van der Waals surface area contributed by atoms with Crippen LogP contribution in [0.3, 0.4) is 0 Å². The van der Waals surface area contributed by atoms with E-state index in [9.17, 15) is 0 Å². The van der Waals surface area contributed by atoms with Crippen LogP contribution in [0.1, 0.15) is 50.7 Å². The smallest absolute Gasteiger partial charge is 0.119 e. The maximum atomic E-state index is 5.80. The molecule has 0 heterocycles. The van der Waals surface area contributed by atoms with E-state index >= 15 is 0 Å². The molecule has 2 aromatic carbocycles. The summed E-state index contributed by atoms with van der Waals surface area (Å²) < 4.78 is 17.2. The molecule has 0 aliphatic heterocycles. The Balaban J connectivity index is 1.57. The first-order valence-corrected chi connectivity index (χ1v) is 10.3. The Labute approximate surface area is 164 Å². The molecule has 0 aromatic heterocycles. The van der Waals surface area contributed by atoms with Gasteiger partial charge in [-0.1, -0.05) is 38.1 Å². The minimum Gasteiger partial charge on any atom is -0.494 e. The van der Waals surface area contributed by atoms with Crippen LogP contribution < -0.4 is 9.47 Å². The summed E-state index contributed by atoms with van der Waals surface area (Å²) in [6.45, 7) is 7.41. The lowest BCUT2D eigenvalue weighted by Crippen LogP contribution is -2.01. The summed E-state index contributed by atoms with van der Waals surface area (Å²) in [5, 5.41) is 0. The Morgan fingerprint density at radius 3 is 1.56 bits per heavy atom. The van der Waals surface area contributed by atoms with Gasteiger partial charge in [-0.05, 0) is 73.9 Å². The average Bonchev–Trinajstić information content (AvgIpc) is 2.70. The van der Waals surface area contributed by atoms with E-state index in [1.807, 2.05) is 12.1 Å². The molecule has 0 fully saturated rings. The Hall–Kier alpha value is -2.00. The fourth-order valence-electron chi connectivity index (χ4n) is 2.88. The van der Waals surface area contributed by atoms with Crippen molar-refractivity contribution >= 4 is 0 Å². The van der Waals surface area contributed by atoms with E-state index in [0.29, 0.717) is 0 Å². The van der Waals surface area contributed by atoms with Gasteiger partial charge in [-0.2, -0.15) is 0 Å². The van der Waals surface area contributed by atoms with Gasteiger partial charge in [-0.25, -0.2) is 0 Å². The molecule has 3 heteroatoms. The fraction of sp³-hybridized carbons (Fsp3) is 0.500. The van der Waals surface area contributed by atoms with Crippen LogP contribution in [0.2, 0.25) is 0 Å². The quantitative estimate of drug-likeness (QED) is 0.391. The van der Waals surface area contributed by atoms with Crippen molar-refractivity contribution in [2.45, 2.75) is 52.4 Å². The topological polar surface area (TPSA) is 27.7 Å². The van der Waals surface area contributed by atoms with Crippen LogP contribution in [0.25, 0.3) is 0 Å². The van der Waals surface area contributed by atoms with Crippen LogP contribution >= 0.6 is 0 Å². The third-order valence-electron chi connectivity index (χ3n) is 4.25. The highest BCUT2D eigenvalue weighted by molar-refractivity contribution is 5.29. The number of rotatable bonds is 14. The summed E-state index contributed by atoms with van der Waals surface area (Å²) in [5.74, 6) is 1.95. The molecule has 0 N–H and O–H groups in total. The first-order valence-electron chi connectivity index (χ1n) is 10.3. The summed E-state index contributed by atoms with van der Waals surface area (Å²) in [6.07, 6.45) is 6.21. The molecule has 0 radical (unpaired) electrons. The molecule has 0 aliphatic carbocycles. The van der Waals surface area contributed by atoms with Crippen molar-refractivity contribution in [1.29, 1.82) is 0 Å². The SMILES string of the molecule is CCCOc1cccc(CCCOCCCc2cccc(OCCC)c2)c1. The predicted octanol–water partition coefficient (Wildman–Crippen LogP) is 5.85. The van der Waals surface area contributed by atoms with Crippen molar-refractivity contribution in [2.75, 3.05) is 26.4 Å². The predicted molar refractivity (Wildman–Crippen MR) is 112 cm³/mol. The zero-order chi connectivity index (χ0) is 19.2. The van der Waals surface area contributed by atoms with Crippen LogP contribution in [-0.4, -0.2) is 26.4 Å². The second-order valence-electron chi connectivity index (χ2n) is 6.81. The second-order valence-corrected chi connectivity index (χ2v) is 6.81. The molecule has 0 atom stereocenters. The highest BCUT2D eigenvalue weighted by Crippen LogP contribution is 2.16. The molecule has 0 saturated carbocycles. The Bertz CT molecular complexity index is 584. The van der Waals surface area contributed by atoms with E-state index in [-0.39, 0.29) is 0 Å². The van der Waals surface area contributed by atoms with Gasteiger partial charge in [0.05, 0.1) is 13.2 Å². The Kier molecular flexibility index (Phi) is 10.4. The fourth-order valence-corrected chi connectivity index (χ4v) is 2.88. The summed E-state index contributed by atoms with van der Waals surface area (Å²) in [7, 11) is 0. The molecule has 0 amide bonds. The minimum absolute atomic E-state index is 0.778. The lowest BCUT2D eigenvalue weighted by molar-refractivity contribution is 0.130. The zero-order valence-electron chi connectivity index (χ0n) is 16.9. The van der Waals surface area contributed by atoms with Gasteiger partial charge in [0, 0.05) is 13.2 Å². The normalized spacial score (nSPS) is 10.7. The second kappa shape index (κ2) is 13.2. The number of hydrogen-bond donors (Lipinski definition) is 0. The number of ether oxygens (including phenoxy) is 3. The van der Waals surface area contributed by atoms with Crippen molar-refractivity contribution in [3.8, 4) is 11.5 Å². The standard InChI is InChI=1S/C24H34O3/c1-3-15-26-23-13-5-9-21(19-23)11-7-17-25-18-8-12-22-10-6-14-24(20-22)27-16-4-2/h5-6,9-10,13-14,19-20H,3-4,7-8,11-12,15-18H2,1-2H3. The monoisotopic (exact) mass is 370 g/mol. The van der Waals surface area contributed by atoms with Gasteiger partial charge in [-0.3, -0.25) is 0 Å². The van der Waals surface area contributed by atoms with Crippen LogP contribution in [0.4, 0.5) is 0 Å². The van der Waals surface area contributed by atoms with Gasteiger partial charge in [0.25, 0.3) is 0 Å². The highest BCUT2D eigenvalue weighted by Gasteiger charge is 2.00. The van der Waals surface area contributed by atoms with Crippen LogP contribution in [0.15, 0.2) is 48.5 Å². The lowest BCUT2D eigenvalue weighted by atomic mass is 10.1. The zero-order valence-corrected chi connectivity index (χ0v) is 16.9. The summed E-state index contributed by atoms with van der Waals surface area (Å²) in [6, 6.07) is 16.8. The van der Waals surface area contributed by atoms with Crippen LogP contribution in [0.5, 0.6) is 11.5 Å².